The number of aliphatic hydroxyl groups excluding tert-OH is 1. The van der Waals surface area contributed by atoms with Crippen LogP contribution in [-0.4, -0.2) is 50.7 Å². The first-order valence-electron chi connectivity index (χ1n) is 9.76. The van der Waals surface area contributed by atoms with E-state index in [0.29, 0.717) is 17.5 Å². The molecule has 2 aromatic carbocycles. The molecular weight excluding hydrogens is 404 g/mol. The van der Waals surface area contributed by atoms with E-state index in [1.54, 1.807) is 11.8 Å². The molecule has 3 aromatic rings. The van der Waals surface area contributed by atoms with E-state index in [0.717, 1.165) is 35.4 Å². The fourth-order valence-electron chi connectivity index (χ4n) is 3.26. The minimum atomic E-state index is 0.172. The van der Waals surface area contributed by atoms with Crippen molar-refractivity contribution in [1.82, 2.24) is 19.7 Å². The van der Waals surface area contributed by atoms with E-state index in [9.17, 15) is 0 Å². The maximum Gasteiger partial charge on any atom is 0.195 e. The number of hydrogen-bond acceptors (Lipinski definition) is 5. The summed E-state index contributed by atoms with van der Waals surface area (Å²) in [5.74, 6) is 2.08. The van der Waals surface area contributed by atoms with Gasteiger partial charge in [0, 0.05) is 23.9 Å². The lowest BCUT2D eigenvalue weighted by atomic mass is 10.0. The molecule has 3 rings (SSSR count). The van der Waals surface area contributed by atoms with Crippen LogP contribution in [0.2, 0.25) is 5.02 Å². The van der Waals surface area contributed by atoms with Crippen molar-refractivity contribution >= 4 is 23.4 Å². The van der Waals surface area contributed by atoms with E-state index in [1.165, 1.54) is 5.56 Å². The third-order valence-corrected chi connectivity index (χ3v) is 5.92. The molecule has 0 unspecified atom stereocenters. The molecule has 1 heterocycles. The van der Waals surface area contributed by atoms with Crippen molar-refractivity contribution in [3.8, 4) is 5.69 Å². The molecule has 0 aliphatic carbocycles. The van der Waals surface area contributed by atoms with Gasteiger partial charge in [-0.3, -0.25) is 9.47 Å². The summed E-state index contributed by atoms with van der Waals surface area (Å²) in [7, 11) is 2.11. The van der Waals surface area contributed by atoms with E-state index >= 15 is 0 Å². The van der Waals surface area contributed by atoms with Crippen molar-refractivity contribution < 1.29 is 5.11 Å². The van der Waals surface area contributed by atoms with Gasteiger partial charge in [0.25, 0.3) is 0 Å². The zero-order valence-electron chi connectivity index (χ0n) is 16.8. The normalized spacial score (nSPS) is 12.4. The van der Waals surface area contributed by atoms with E-state index < -0.39 is 0 Å². The number of nitrogens with zero attached hydrogens (tertiary/aromatic N) is 4. The lowest BCUT2D eigenvalue weighted by Crippen LogP contribution is -2.25. The number of aromatic nitrogens is 3. The number of likely N-dealkylation sites (N-methyl/N-ethyl adjacent to an activating group) is 1. The van der Waals surface area contributed by atoms with Crippen LogP contribution in [0.15, 0.2) is 59.8 Å². The van der Waals surface area contributed by atoms with Crippen LogP contribution in [0.25, 0.3) is 5.69 Å². The Morgan fingerprint density at radius 3 is 2.66 bits per heavy atom. The zero-order valence-corrected chi connectivity index (χ0v) is 18.4. The molecule has 29 heavy (non-hydrogen) atoms. The molecule has 7 heteroatoms. The summed E-state index contributed by atoms with van der Waals surface area (Å²) in [5.41, 5.74) is 2.28. The van der Waals surface area contributed by atoms with Crippen LogP contribution >= 0.6 is 23.4 Å². The highest BCUT2D eigenvalue weighted by molar-refractivity contribution is 7.99. The number of rotatable bonds is 10. The fraction of sp³-hybridized carbons (Fsp3) is 0.364. The molecule has 1 N–H and O–H groups in total. The highest BCUT2D eigenvalue weighted by atomic mass is 35.5. The average Bonchev–Trinajstić information content (AvgIpc) is 3.11. The number of thioether (sulfide) groups is 1. The largest absolute Gasteiger partial charge is 0.396 e. The van der Waals surface area contributed by atoms with E-state index in [2.05, 4.69) is 57.9 Å². The molecule has 0 radical (unpaired) electrons. The Morgan fingerprint density at radius 1 is 1.14 bits per heavy atom. The number of hydrogen-bond donors (Lipinski definition) is 1. The molecule has 0 amide bonds. The lowest BCUT2D eigenvalue weighted by Gasteiger charge is -2.21. The van der Waals surface area contributed by atoms with Gasteiger partial charge >= 0.3 is 0 Å². The number of benzene rings is 2. The summed E-state index contributed by atoms with van der Waals surface area (Å²) < 4.78 is 2.07. The third-order valence-electron chi connectivity index (χ3n) is 4.67. The first-order valence-corrected chi connectivity index (χ1v) is 11.1. The molecule has 0 fully saturated rings. The smallest absolute Gasteiger partial charge is 0.195 e. The standard InChI is InChI=1S/C22H27ClN4OS/c1-17(18-8-4-3-5-9-18)15-26(2)16-21-24-25-22(29-13-7-12-28)27(21)20-11-6-10-19(23)14-20/h3-6,8-11,14,17,28H,7,12-13,15-16H2,1-2H3/t17-/m0/s1. The Balaban J connectivity index is 1.79. The Hall–Kier alpha value is -1.86. The van der Waals surface area contributed by atoms with Crippen molar-refractivity contribution in [2.75, 3.05) is 26.0 Å². The topological polar surface area (TPSA) is 54.2 Å². The van der Waals surface area contributed by atoms with Crippen LogP contribution < -0.4 is 0 Å². The fourth-order valence-corrected chi connectivity index (χ4v) is 4.34. The highest BCUT2D eigenvalue weighted by Crippen LogP contribution is 2.25. The molecule has 0 saturated heterocycles. The van der Waals surface area contributed by atoms with Crippen LogP contribution in [0.3, 0.4) is 0 Å². The Morgan fingerprint density at radius 2 is 1.93 bits per heavy atom. The van der Waals surface area contributed by atoms with Crippen molar-refractivity contribution in [3.63, 3.8) is 0 Å². The Labute approximate surface area is 181 Å². The van der Waals surface area contributed by atoms with Crippen LogP contribution in [0.1, 0.15) is 30.7 Å². The molecule has 5 nitrogen and oxygen atoms in total. The molecule has 0 saturated carbocycles. The SMILES string of the molecule is C[C@@H](CN(C)Cc1nnc(SCCCO)n1-c1cccc(Cl)c1)c1ccccc1. The monoisotopic (exact) mass is 430 g/mol. The third kappa shape index (κ3) is 6.06. The average molecular weight is 431 g/mol. The molecule has 1 aromatic heterocycles. The molecule has 0 bridgehead atoms. The van der Waals surface area contributed by atoms with Gasteiger partial charge in [-0.1, -0.05) is 66.7 Å². The van der Waals surface area contributed by atoms with Gasteiger partial charge < -0.3 is 5.11 Å². The second-order valence-electron chi connectivity index (χ2n) is 7.15. The van der Waals surface area contributed by atoms with Crippen LogP contribution in [0.4, 0.5) is 0 Å². The van der Waals surface area contributed by atoms with Gasteiger partial charge in [0.1, 0.15) is 0 Å². The van der Waals surface area contributed by atoms with Crippen molar-refractivity contribution in [2.24, 2.45) is 0 Å². The number of aliphatic hydroxyl groups is 1. The Bertz CT molecular complexity index is 903. The van der Waals surface area contributed by atoms with Gasteiger partial charge in [0.05, 0.1) is 12.2 Å². The minimum Gasteiger partial charge on any atom is -0.396 e. The predicted octanol–water partition coefficient (Wildman–Crippen LogP) is 4.63. The quantitative estimate of drug-likeness (QED) is 0.375. The maximum absolute atomic E-state index is 9.09. The van der Waals surface area contributed by atoms with Gasteiger partial charge in [-0.2, -0.15) is 0 Å². The Kier molecular flexibility index (Phi) is 8.12. The maximum atomic E-state index is 9.09. The van der Waals surface area contributed by atoms with Gasteiger partial charge in [-0.25, -0.2) is 0 Å². The highest BCUT2D eigenvalue weighted by Gasteiger charge is 2.17. The summed E-state index contributed by atoms with van der Waals surface area (Å²) in [5, 5.41) is 19.5. The van der Waals surface area contributed by atoms with Crippen LogP contribution in [0, 0.1) is 0 Å². The minimum absolute atomic E-state index is 0.172. The van der Waals surface area contributed by atoms with Crippen LogP contribution in [0.5, 0.6) is 0 Å². The van der Waals surface area contributed by atoms with E-state index in [4.69, 9.17) is 16.7 Å². The lowest BCUT2D eigenvalue weighted by molar-refractivity contribution is 0.296. The summed E-state index contributed by atoms with van der Waals surface area (Å²) in [4.78, 5) is 2.27. The predicted molar refractivity (Wildman–Crippen MR) is 120 cm³/mol. The van der Waals surface area contributed by atoms with E-state index in [1.807, 2.05) is 30.3 Å². The van der Waals surface area contributed by atoms with E-state index in [-0.39, 0.29) is 6.61 Å². The summed E-state index contributed by atoms with van der Waals surface area (Å²) >= 11 is 7.83. The molecule has 1 atom stereocenters. The number of halogens is 1. The first kappa shape index (κ1) is 21.8. The molecule has 0 spiro atoms. The molecule has 0 aliphatic rings. The van der Waals surface area contributed by atoms with Crippen molar-refractivity contribution in [2.45, 2.75) is 31.0 Å². The summed E-state index contributed by atoms with van der Waals surface area (Å²) in [6.45, 7) is 4.01. The van der Waals surface area contributed by atoms with Gasteiger partial charge in [0.15, 0.2) is 11.0 Å². The van der Waals surface area contributed by atoms with Gasteiger partial charge in [-0.15, -0.1) is 10.2 Å². The molecule has 154 valence electrons. The summed E-state index contributed by atoms with van der Waals surface area (Å²) in [6, 6.07) is 18.3. The van der Waals surface area contributed by atoms with Crippen molar-refractivity contribution in [1.29, 1.82) is 0 Å². The van der Waals surface area contributed by atoms with Crippen molar-refractivity contribution in [3.05, 3.63) is 71.0 Å². The van der Waals surface area contributed by atoms with Gasteiger partial charge in [-0.05, 0) is 43.1 Å². The first-order chi connectivity index (χ1) is 14.1. The molecular formula is C22H27ClN4OS. The van der Waals surface area contributed by atoms with Crippen LogP contribution in [-0.2, 0) is 6.54 Å². The second kappa shape index (κ2) is 10.8. The summed E-state index contributed by atoms with van der Waals surface area (Å²) in [6.07, 6.45) is 0.719. The zero-order chi connectivity index (χ0) is 20.6. The second-order valence-corrected chi connectivity index (χ2v) is 8.65. The van der Waals surface area contributed by atoms with Gasteiger partial charge in [0.2, 0.25) is 0 Å². The molecule has 0 aliphatic heterocycles.